The molecule has 2 heterocycles. The summed E-state index contributed by atoms with van der Waals surface area (Å²) in [6.45, 7) is 10.5. The van der Waals surface area contributed by atoms with Crippen LogP contribution in [0.3, 0.4) is 0 Å². The van der Waals surface area contributed by atoms with Gasteiger partial charge in [0.1, 0.15) is 0 Å². The number of carbonyl (C=O) groups is 1. The summed E-state index contributed by atoms with van der Waals surface area (Å²) in [6, 6.07) is -0.0675. The standard InChI is InChI=1S/C15H29N3O2.2ClH/c1-12(13(2)16)15(19)18-5-3-4-14(11-18)10-17-6-8-20-9-7-17;;/h12-14H,3-11,16H2,1-2H3;2*1H. The molecule has 0 aromatic carbocycles. The van der Waals surface area contributed by atoms with Crippen molar-refractivity contribution in [3.05, 3.63) is 0 Å². The van der Waals surface area contributed by atoms with E-state index in [9.17, 15) is 4.79 Å². The van der Waals surface area contributed by atoms with Gasteiger partial charge in [0.05, 0.1) is 19.1 Å². The molecular weight excluding hydrogens is 325 g/mol. The zero-order valence-corrected chi connectivity index (χ0v) is 15.3. The summed E-state index contributed by atoms with van der Waals surface area (Å²) in [5.41, 5.74) is 5.86. The van der Waals surface area contributed by atoms with E-state index in [1.807, 2.05) is 18.7 Å². The van der Waals surface area contributed by atoms with E-state index in [0.717, 1.165) is 52.4 Å². The van der Waals surface area contributed by atoms with Gasteiger partial charge in [0.25, 0.3) is 0 Å². The molecular formula is C15H31Cl2N3O2. The van der Waals surface area contributed by atoms with Gasteiger partial charge in [-0.3, -0.25) is 9.69 Å². The lowest BCUT2D eigenvalue weighted by Crippen LogP contribution is -2.49. The van der Waals surface area contributed by atoms with Crippen molar-refractivity contribution in [3.63, 3.8) is 0 Å². The highest BCUT2D eigenvalue weighted by Crippen LogP contribution is 2.20. The maximum Gasteiger partial charge on any atom is 0.226 e. The van der Waals surface area contributed by atoms with Crippen molar-refractivity contribution in [2.75, 3.05) is 45.9 Å². The molecule has 3 atom stereocenters. The van der Waals surface area contributed by atoms with Gasteiger partial charge in [0, 0.05) is 38.8 Å². The van der Waals surface area contributed by atoms with Crippen LogP contribution in [0, 0.1) is 11.8 Å². The van der Waals surface area contributed by atoms with Crippen LogP contribution in [0.15, 0.2) is 0 Å². The molecule has 2 fully saturated rings. The number of amides is 1. The molecule has 0 aromatic rings. The molecule has 0 saturated carbocycles. The molecule has 22 heavy (non-hydrogen) atoms. The molecule has 5 nitrogen and oxygen atoms in total. The molecule has 3 unspecified atom stereocenters. The second-order valence-corrected chi connectivity index (χ2v) is 6.35. The zero-order chi connectivity index (χ0) is 14.5. The molecule has 0 spiro atoms. The van der Waals surface area contributed by atoms with Crippen molar-refractivity contribution in [1.82, 2.24) is 9.80 Å². The Hall–Kier alpha value is -0.0700. The Morgan fingerprint density at radius 1 is 1.23 bits per heavy atom. The Labute approximate surface area is 146 Å². The normalized spacial score (nSPS) is 25.6. The van der Waals surface area contributed by atoms with Crippen LogP contribution in [-0.4, -0.2) is 67.7 Å². The van der Waals surface area contributed by atoms with E-state index in [1.165, 1.54) is 6.42 Å². The minimum atomic E-state index is -0.0721. The predicted octanol–water partition coefficient (Wildman–Crippen LogP) is 1.38. The minimum Gasteiger partial charge on any atom is -0.379 e. The van der Waals surface area contributed by atoms with Crippen molar-refractivity contribution in [3.8, 4) is 0 Å². The molecule has 2 aliphatic heterocycles. The lowest BCUT2D eigenvalue weighted by molar-refractivity contribution is -0.137. The number of piperidine rings is 1. The number of nitrogens with zero attached hydrogens (tertiary/aromatic N) is 2. The fourth-order valence-electron chi connectivity index (χ4n) is 3.08. The highest BCUT2D eigenvalue weighted by atomic mass is 35.5. The summed E-state index contributed by atoms with van der Waals surface area (Å²) >= 11 is 0. The minimum absolute atomic E-state index is 0. The molecule has 1 amide bonds. The van der Waals surface area contributed by atoms with Crippen LogP contribution in [-0.2, 0) is 9.53 Å². The third kappa shape index (κ3) is 6.20. The maximum absolute atomic E-state index is 12.4. The SMILES string of the molecule is CC(N)C(C)C(=O)N1CCCC(CN2CCOCC2)C1.Cl.Cl. The lowest BCUT2D eigenvalue weighted by atomic mass is 9.94. The van der Waals surface area contributed by atoms with E-state index >= 15 is 0 Å². The Bertz CT molecular complexity index is 326. The molecule has 0 radical (unpaired) electrons. The monoisotopic (exact) mass is 355 g/mol. The molecule has 132 valence electrons. The number of rotatable bonds is 4. The molecule has 0 aliphatic carbocycles. The van der Waals surface area contributed by atoms with Crippen LogP contribution in [0.2, 0.25) is 0 Å². The van der Waals surface area contributed by atoms with E-state index < -0.39 is 0 Å². The predicted molar refractivity (Wildman–Crippen MR) is 93.9 cm³/mol. The topological polar surface area (TPSA) is 58.8 Å². The van der Waals surface area contributed by atoms with Gasteiger partial charge in [-0.1, -0.05) is 6.92 Å². The first-order valence-corrected chi connectivity index (χ1v) is 7.92. The van der Waals surface area contributed by atoms with Crippen LogP contribution in [0.5, 0.6) is 0 Å². The lowest BCUT2D eigenvalue weighted by Gasteiger charge is -2.38. The first-order chi connectivity index (χ1) is 9.58. The van der Waals surface area contributed by atoms with Crippen LogP contribution in [0.1, 0.15) is 26.7 Å². The summed E-state index contributed by atoms with van der Waals surface area (Å²) in [4.78, 5) is 16.9. The summed E-state index contributed by atoms with van der Waals surface area (Å²) in [6.07, 6.45) is 2.35. The quantitative estimate of drug-likeness (QED) is 0.827. The second-order valence-electron chi connectivity index (χ2n) is 6.35. The molecule has 0 bridgehead atoms. The molecule has 2 aliphatic rings. The Morgan fingerprint density at radius 2 is 1.86 bits per heavy atom. The van der Waals surface area contributed by atoms with Gasteiger partial charge < -0.3 is 15.4 Å². The van der Waals surface area contributed by atoms with Crippen molar-refractivity contribution in [2.45, 2.75) is 32.7 Å². The number of nitrogens with two attached hydrogens (primary N) is 1. The number of hydrogen-bond donors (Lipinski definition) is 1. The van der Waals surface area contributed by atoms with Crippen molar-refractivity contribution in [1.29, 1.82) is 0 Å². The number of ether oxygens (including phenoxy) is 1. The smallest absolute Gasteiger partial charge is 0.226 e. The number of likely N-dealkylation sites (tertiary alicyclic amines) is 1. The Balaban J connectivity index is 0.00000220. The zero-order valence-electron chi connectivity index (χ0n) is 13.7. The fourth-order valence-corrected chi connectivity index (χ4v) is 3.08. The van der Waals surface area contributed by atoms with Gasteiger partial charge in [-0.05, 0) is 25.7 Å². The molecule has 7 heteroatoms. The van der Waals surface area contributed by atoms with Crippen LogP contribution >= 0.6 is 24.8 Å². The largest absolute Gasteiger partial charge is 0.379 e. The average molecular weight is 356 g/mol. The van der Waals surface area contributed by atoms with Crippen molar-refractivity contribution < 1.29 is 9.53 Å². The van der Waals surface area contributed by atoms with Gasteiger partial charge in [-0.25, -0.2) is 0 Å². The van der Waals surface area contributed by atoms with Gasteiger partial charge >= 0.3 is 0 Å². The highest BCUT2D eigenvalue weighted by molar-refractivity contribution is 5.85. The van der Waals surface area contributed by atoms with E-state index in [-0.39, 0.29) is 42.7 Å². The third-order valence-corrected chi connectivity index (χ3v) is 4.63. The fraction of sp³-hybridized carbons (Fsp3) is 0.933. The number of morpholine rings is 1. The summed E-state index contributed by atoms with van der Waals surface area (Å²) in [5, 5.41) is 0. The first-order valence-electron chi connectivity index (χ1n) is 7.92. The second kappa shape index (κ2) is 10.7. The summed E-state index contributed by atoms with van der Waals surface area (Å²) in [7, 11) is 0. The average Bonchev–Trinajstić information content (AvgIpc) is 2.47. The Morgan fingerprint density at radius 3 is 2.45 bits per heavy atom. The molecule has 2 rings (SSSR count). The van der Waals surface area contributed by atoms with Gasteiger partial charge in [-0.2, -0.15) is 0 Å². The van der Waals surface area contributed by atoms with Gasteiger partial charge in [0.15, 0.2) is 0 Å². The number of hydrogen-bond acceptors (Lipinski definition) is 4. The third-order valence-electron chi connectivity index (χ3n) is 4.63. The molecule has 2 N–H and O–H groups in total. The first kappa shape index (κ1) is 21.9. The number of carbonyl (C=O) groups excluding carboxylic acids is 1. The van der Waals surface area contributed by atoms with Crippen LogP contribution in [0.25, 0.3) is 0 Å². The molecule has 0 aromatic heterocycles. The van der Waals surface area contributed by atoms with Gasteiger partial charge in [-0.15, -0.1) is 24.8 Å². The van der Waals surface area contributed by atoms with E-state index in [1.54, 1.807) is 0 Å². The van der Waals surface area contributed by atoms with Crippen molar-refractivity contribution >= 4 is 30.7 Å². The Kier molecular flexibility index (Phi) is 10.6. The van der Waals surface area contributed by atoms with E-state index in [4.69, 9.17) is 10.5 Å². The van der Waals surface area contributed by atoms with Gasteiger partial charge in [0.2, 0.25) is 5.91 Å². The van der Waals surface area contributed by atoms with Crippen LogP contribution < -0.4 is 5.73 Å². The van der Waals surface area contributed by atoms with Crippen molar-refractivity contribution in [2.24, 2.45) is 17.6 Å². The summed E-state index contributed by atoms with van der Waals surface area (Å²) < 4.78 is 5.39. The van der Waals surface area contributed by atoms with Crippen LogP contribution in [0.4, 0.5) is 0 Å². The van der Waals surface area contributed by atoms with E-state index in [2.05, 4.69) is 4.90 Å². The summed E-state index contributed by atoms with van der Waals surface area (Å²) in [5.74, 6) is 0.759. The highest BCUT2D eigenvalue weighted by Gasteiger charge is 2.29. The maximum atomic E-state index is 12.4. The molecule has 2 saturated heterocycles. The number of halogens is 2. The van der Waals surface area contributed by atoms with E-state index in [0.29, 0.717) is 5.92 Å².